The van der Waals surface area contributed by atoms with Crippen LogP contribution in [-0.4, -0.2) is 40.5 Å². The molecule has 1 aliphatic rings. The molecular formula is C16H21N3O3S. The molecule has 1 saturated heterocycles. The normalized spacial score (nSPS) is 18.9. The molecule has 0 aliphatic carbocycles. The summed E-state index contributed by atoms with van der Waals surface area (Å²) < 4.78 is 28.6. The van der Waals surface area contributed by atoms with E-state index in [9.17, 15) is 13.5 Å². The van der Waals surface area contributed by atoms with Crippen molar-refractivity contribution in [2.24, 2.45) is 7.05 Å². The lowest BCUT2D eigenvalue weighted by Gasteiger charge is -2.36. The minimum atomic E-state index is -3.51. The van der Waals surface area contributed by atoms with E-state index in [1.807, 2.05) is 14.0 Å². The van der Waals surface area contributed by atoms with E-state index < -0.39 is 15.6 Å². The first-order valence-electron chi connectivity index (χ1n) is 7.60. The molecule has 1 aromatic heterocycles. The van der Waals surface area contributed by atoms with Crippen LogP contribution in [0.4, 0.5) is 0 Å². The van der Waals surface area contributed by atoms with Gasteiger partial charge >= 0.3 is 0 Å². The third kappa shape index (κ3) is 2.91. The summed E-state index contributed by atoms with van der Waals surface area (Å²) in [4.78, 5) is 4.51. The zero-order valence-electron chi connectivity index (χ0n) is 13.3. The van der Waals surface area contributed by atoms with Crippen molar-refractivity contribution < 1.29 is 13.5 Å². The molecule has 1 aliphatic heterocycles. The number of aliphatic hydroxyl groups is 1. The lowest BCUT2D eigenvalue weighted by molar-refractivity contribution is -0.0196. The zero-order valence-corrected chi connectivity index (χ0v) is 14.1. The standard InChI is InChI=1S/C16H21N3O3S/c1-13-3-5-14(6-4-13)23(21,22)19-10-7-16(20,8-11-19)15-17-9-12-18(15)2/h3-6,9,12,20H,7-8,10-11H2,1-2H3. The van der Waals surface area contributed by atoms with Crippen LogP contribution in [0.15, 0.2) is 41.6 Å². The second-order valence-electron chi connectivity index (χ2n) is 6.11. The molecular weight excluding hydrogens is 314 g/mol. The maximum absolute atomic E-state index is 12.7. The van der Waals surface area contributed by atoms with Crippen LogP contribution >= 0.6 is 0 Å². The van der Waals surface area contributed by atoms with Crippen LogP contribution < -0.4 is 0 Å². The van der Waals surface area contributed by atoms with Crippen molar-refractivity contribution >= 4 is 10.0 Å². The number of rotatable bonds is 3. The van der Waals surface area contributed by atoms with Crippen LogP contribution in [0.1, 0.15) is 24.2 Å². The predicted molar refractivity (Wildman–Crippen MR) is 86.3 cm³/mol. The van der Waals surface area contributed by atoms with E-state index in [-0.39, 0.29) is 13.1 Å². The van der Waals surface area contributed by atoms with Gasteiger partial charge in [0.1, 0.15) is 11.4 Å². The molecule has 23 heavy (non-hydrogen) atoms. The third-order valence-corrected chi connectivity index (χ3v) is 6.36. The third-order valence-electron chi connectivity index (χ3n) is 4.45. The molecule has 1 N–H and O–H groups in total. The predicted octanol–water partition coefficient (Wildman–Crippen LogP) is 1.40. The fourth-order valence-electron chi connectivity index (χ4n) is 2.99. The Morgan fingerprint density at radius 3 is 2.30 bits per heavy atom. The van der Waals surface area contributed by atoms with E-state index in [4.69, 9.17) is 0 Å². The molecule has 124 valence electrons. The average Bonchev–Trinajstić information content (AvgIpc) is 2.95. The first-order chi connectivity index (χ1) is 10.8. The number of piperidine rings is 1. The second-order valence-corrected chi connectivity index (χ2v) is 8.05. The van der Waals surface area contributed by atoms with Crippen LogP contribution in [0.25, 0.3) is 0 Å². The van der Waals surface area contributed by atoms with Crippen LogP contribution in [0.3, 0.4) is 0 Å². The summed E-state index contributed by atoms with van der Waals surface area (Å²) in [5.74, 6) is 0.588. The van der Waals surface area contributed by atoms with Gasteiger partial charge in [0.05, 0.1) is 4.90 Å². The van der Waals surface area contributed by atoms with E-state index in [0.717, 1.165) is 5.56 Å². The Balaban J connectivity index is 1.78. The Labute approximate surface area is 136 Å². The topological polar surface area (TPSA) is 75.4 Å². The van der Waals surface area contributed by atoms with Crippen molar-refractivity contribution in [2.75, 3.05) is 13.1 Å². The summed E-state index contributed by atoms with van der Waals surface area (Å²) in [6.07, 6.45) is 4.09. The highest BCUT2D eigenvalue weighted by Crippen LogP contribution is 2.33. The molecule has 2 heterocycles. The van der Waals surface area contributed by atoms with Gasteiger partial charge in [-0.1, -0.05) is 17.7 Å². The molecule has 0 atom stereocenters. The first kappa shape index (κ1) is 16.2. The highest BCUT2D eigenvalue weighted by Gasteiger charge is 2.40. The van der Waals surface area contributed by atoms with Gasteiger partial charge in [-0.15, -0.1) is 0 Å². The largest absolute Gasteiger partial charge is 0.382 e. The SMILES string of the molecule is Cc1ccc(S(=O)(=O)N2CCC(O)(c3nccn3C)CC2)cc1. The van der Waals surface area contributed by atoms with Crippen molar-refractivity contribution in [3.05, 3.63) is 48.0 Å². The van der Waals surface area contributed by atoms with Gasteiger partial charge in [-0.05, 0) is 31.9 Å². The summed E-state index contributed by atoms with van der Waals surface area (Å²) in [6, 6.07) is 6.84. The van der Waals surface area contributed by atoms with Crippen LogP contribution in [-0.2, 0) is 22.7 Å². The molecule has 0 spiro atoms. The minimum Gasteiger partial charge on any atom is -0.382 e. The molecule has 1 fully saturated rings. The van der Waals surface area contributed by atoms with Gasteiger partial charge in [-0.2, -0.15) is 4.31 Å². The smallest absolute Gasteiger partial charge is 0.243 e. The number of sulfonamides is 1. The van der Waals surface area contributed by atoms with Gasteiger partial charge in [-0.3, -0.25) is 0 Å². The molecule has 3 rings (SSSR count). The second kappa shape index (κ2) is 5.74. The number of benzene rings is 1. The number of nitrogens with zero attached hydrogens (tertiary/aromatic N) is 3. The molecule has 0 bridgehead atoms. The number of hydrogen-bond donors (Lipinski definition) is 1. The van der Waals surface area contributed by atoms with Crippen molar-refractivity contribution in [1.29, 1.82) is 0 Å². The highest BCUT2D eigenvalue weighted by atomic mass is 32.2. The number of aromatic nitrogens is 2. The summed E-state index contributed by atoms with van der Waals surface area (Å²) in [5, 5.41) is 10.8. The Kier molecular flexibility index (Phi) is 4.03. The van der Waals surface area contributed by atoms with Gasteiger partial charge in [-0.25, -0.2) is 13.4 Å². The maximum atomic E-state index is 12.7. The average molecular weight is 335 g/mol. The summed E-state index contributed by atoms with van der Waals surface area (Å²) in [7, 11) is -1.68. The molecule has 2 aromatic rings. The van der Waals surface area contributed by atoms with Crippen molar-refractivity contribution in [1.82, 2.24) is 13.9 Å². The molecule has 0 amide bonds. The lowest BCUT2D eigenvalue weighted by Crippen LogP contribution is -2.46. The van der Waals surface area contributed by atoms with Gasteiger partial charge in [0.15, 0.2) is 0 Å². The monoisotopic (exact) mass is 335 g/mol. The molecule has 7 heteroatoms. The molecule has 0 radical (unpaired) electrons. The number of hydrogen-bond acceptors (Lipinski definition) is 4. The number of imidazole rings is 1. The van der Waals surface area contributed by atoms with Gasteiger partial charge in [0.2, 0.25) is 10.0 Å². The summed E-state index contributed by atoms with van der Waals surface area (Å²) in [6.45, 7) is 2.48. The lowest BCUT2D eigenvalue weighted by atomic mass is 9.91. The Hall–Kier alpha value is -1.70. The maximum Gasteiger partial charge on any atom is 0.243 e. The molecule has 1 aromatic carbocycles. The van der Waals surface area contributed by atoms with Crippen LogP contribution in [0.5, 0.6) is 0 Å². The quantitative estimate of drug-likeness (QED) is 0.920. The van der Waals surface area contributed by atoms with E-state index in [0.29, 0.717) is 23.6 Å². The fraction of sp³-hybridized carbons (Fsp3) is 0.438. The van der Waals surface area contributed by atoms with Gasteiger partial charge in [0, 0.05) is 32.5 Å². The first-order valence-corrected chi connectivity index (χ1v) is 9.04. The van der Waals surface area contributed by atoms with Crippen molar-refractivity contribution in [3.8, 4) is 0 Å². The Bertz CT molecular complexity index is 788. The van der Waals surface area contributed by atoms with E-state index in [1.165, 1.54) is 4.31 Å². The van der Waals surface area contributed by atoms with Crippen LogP contribution in [0.2, 0.25) is 0 Å². The molecule has 0 saturated carbocycles. The zero-order chi connectivity index (χ0) is 16.7. The van der Waals surface area contributed by atoms with Gasteiger partial charge in [0.25, 0.3) is 0 Å². The minimum absolute atomic E-state index is 0.277. The number of aryl methyl sites for hydroxylation is 2. The van der Waals surface area contributed by atoms with Crippen molar-refractivity contribution in [2.45, 2.75) is 30.3 Å². The summed E-state index contributed by atoms with van der Waals surface area (Å²) in [5.41, 5.74) is -0.0517. The van der Waals surface area contributed by atoms with Crippen molar-refractivity contribution in [3.63, 3.8) is 0 Å². The molecule has 6 nitrogen and oxygen atoms in total. The summed E-state index contributed by atoms with van der Waals surface area (Å²) >= 11 is 0. The van der Waals surface area contributed by atoms with E-state index in [1.54, 1.807) is 41.2 Å². The van der Waals surface area contributed by atoms with E-state index in [2.05, 4.69) is 4.98 Å². The Morgan fingerprint density at radius 1 is 1.17 bits per heavy atom. The van der Waals surface area contributed by atoms with Crippen LogP contribution in [0, 0.1) is 6.92 Å². The highest BCUT2D eigenvalue weighted by molar-refractivity contribution is 7.89. The van der Waals surface area contributed by atoms with Gasteiger partial charge < -0.3 is 9.67 Å². The van der Waals surface area contributed by atoms with E-state index >= 15 is 0 Å². The Morgan fingerprint density at radius 2 is 1.78 bits per heavy atom. The molecule has 0 unspecified atom stereocenters. The fourth-order valence-corrected chi connectivity index (χ4v) is 4.43.